The first-order chi connectivity index (χ1) is 12.1. The van der Waals surface area contributed by atoms with Crippen LogP contribution in [0.2, 0.25) is 5.02 Å². The van der Waals surface area contributed by atoms with Crippen molar-refractivity contribution in [2.45, 2.75) is 19.8 Å². The number of hydrogen-bond acceptors (Lipinski definition) is 4. The van der Waals surface area contributed by atoms with Crippen LogP contribution in [0.4, 0.5) is 11.4 Å². The number of carbonyl (C=O) groups excluding carboxylic acids is 1. The number of nitrogens with zero attached hydrogens (tertiary/aromatic N) is 2. The van der Waals surface area contributed by atoms with E-state index >= 15 is 0 Å². The molecule has 1 aromatic heterocycles. The van der Waals surface area contributed by atoms with Gasteiger partial charge < -0.3 is 15.0 Å². The number of benzene rings is 1. The van der Waals surface area contributed by atoms with Crippen molar-refractivity contribution < 1.29 is 9.53 Å². The topological polar surface area (TPSA) is 54.5 Å². The lowest BCUT2D eigenvalue weighted by molar-refractivity contribution is 0.0697. The van der Waals surface area contributed by atoms with Crippen LogP contribution in [0.5, 0.6) is 5.75 Å². The Hall–Kier alpha value is -2.27. The molecule has 1 aliphatic heterocycles. The number of ether oxygens (including phenoxy) is 1. The molecule has 0 atom stereocenters. The minimum absolute atomic E-state index is 0.0378. The normalized spacial score (nSPS) is 15.1. The van der Waals surface area contributed by atoms with E-state index in [-0.39, 0.29) is 5.91 Å². The highest BCUT2D eigenvalue weighted by molar-refractivity contribution is 6.32. The summed E-state index contributed by atoms with van der Waals surface area (Å²) < 4.78 is 5.15. The molecule has 2 heterocycles. The largest absolute Gasteiger partial charge is 0.495 e. The molecule has 0 saturated carbocycles. The van der Waals surface area contributed by atoms with Crippen molar-refractivity contribution in [2.24, 2.45) is 5.92 Å². The number of aromatic nitrogens is 1. The van der Waals surface area contributed by atoms with Crippen LogP contribution in [-0.4, -0.2) is 36.0 Å². The van der Waals surface area contributed by atoms with E-state index in [4.69, 9.17) is 16.3 Å². The predicted octanol–water partition coefficient (Wildman–Crippen LogP) is 4.36. The maximum atomic E-state index is 12.7. The predicted molar refractivity (Wildman–Crippen MR) is 99.8 cm³/mol. The van der Waals surface area contributed by atoms with Crippen LogP contribution in [-0.2, 0) is 0 Å². The quantitative estimate of drug-likeness (QED) is 0.881. The molecule has 0 aliphatic carbocycles. The van der Waals surface area contributed by atoms with Gasteiger partial charge in [-0.15, -0.1) is 0 Å². The van der Waals surface area contributed by atoms with Gasteiger partial charge >= 0.3 is 0 Å². The highest BCUT2D eigenvalue weighted by Gasteiger charge is 2.21. The molecule has 1 amide bonds. The van der Waals surface area contributed by atoms with Crippen LogP contribution < -0.4 is 10.1 Å². The zero-order chi connectivity index (χ0) is 17.8. The molecule has 0 radical (unpaired) electrons. The van der Waals surface area contributed by atoms with Crippen LogP contribution in [0.1, 0.15) is 30.1 Å². The lowest BCUT2D eigenvalue weighted by Crippen LogP contribution is -2.37. The molecule has 5 nitrogen and oxygen atoms in total. The molecule has 0 unspecified atom stereocenters. The molecule has 132 valence electrons. The minimum atomic E-state index is 0.0378. The fourth-order valence-electron chi connectivity index (χ4n) is 2.93. The molecule has 1 N–H and O–H groups in total. The van der Waals surface area contributed by atoms with Gasteiger partial charge in [0.05, 0.1) is 29.6 Å². The van der Waals surface area contributed by atoms with Gasteiger partial charge in [-0.1, -0.05) is 18.5 Å². The van der Waals surface area contributed by atoms with Gasteiger partial charge in [0.25, 0.3) is 5.91 Å². The van der Waals surface area contributed by atoms with Crippen molar-refractivity contribution in [2.75, 3.05) is 25.5 Å². The third kappa shape index (κ3) is 4.23. The zero-order valence-electron chi connectivity index (χ0n) is 14.5. The van der Waals surface area contributed by atoms with Gasteiger partial charge in [0.1, 0.15) is 5.75 Å². The Morgan fingerprint density at radius 3 is 2.68 bits per heavy atom. The Balaban J connectivity index is 1.73. The zero-order valence-corrected chi connectivity index (χ0v) is 15.2. The van der Waals surface area contributed by atoms with Crippen molar-refractivity contribution in [1.82, 2.24) is 9.88 Å². The monoisotopic (exact) mass is 359 g/mol. The first kappa shape index (κ1) is 17.5. The summed E-state index contributed by atoms with van der Waals surface area (Å²) in [5, 5.41) is 3.75. The average molecular weight is 360 g/mol. The lowest BCUT2D eigenvalue weighted by Gasteiger charge is -2.30. The van der Waals surface area contributed by atoms with Gasteiger partial charge in [-0.25, -0.2) is 0 Å². The first-order valence-corrected chi connectivity index (χ1v) is 8.79. The number of methoxy groups -OCH3 is 1. The summed E-state index contributed by atoms with van der Waals surface area (Å²) in [5.41, 5.74) is 2.15. The minimum Gasteiger partial charge on any atom is -0.495 e. The molecule has 3 rings (SSSR count). The van der Waals surface area contributed by atoms with Crippen molar-refractivity contribution in [3.8, 4) is 5.75 Å². The van der Waals surface area contributed by atoms with E-state index in [1.165, 1.54) is 0 Å². The van der Waals surface area contributed by atoms with E-state index in [1.807, 2.05) is 17.0 Å². The number of hydrogen-bond donors (Lipinski definition) is 1. The van der Waals surface area contributed by atoms with Crippen LogP contribution in [0.15, 0.2) is 36.7 Å². The number of rotatable bonds is 4. The third-order valence-corrected chi connectivity index (χ3v) is 4.79. The van der Waals surface area contributed by atoms with Crippen LogP contribution in [0.25, 0.3) is 0 Å². The molecular formula is C19H22ClN3O2. The lowest BCUT2D eigenvalue weighted by atomic mass is 9.99. The number of pyridine rings is 1. The summed E-state index contributed by atoms with van der Waals surface area (Å²) >= 11 is 6.15. The number of nitrogens with one attached hydrogen (secondary N) is 1. The maximum absolute atomic E-state index is 12.7. The average Bonchev–Trinajstić information content (AvgIpc) is 2.62. The van der Waals surface area contributed by atoms with E-state index < -0.39 is 0 Å². The molecule has 1 aliphatic rings. The fourth-order valence-corrected chi connectivity index (χ4v) is 3.19. The van der Waals surface area contributed by atoms with E-state index in [1.54, 1.807) is 31.6 Å². The van der Waals surface area contributed by atoms with Gasteiger partial charge in [0.15, 0.2) is 0 Å². The highest BCUT2D eigenvalue weighted by atomic mass is 35.5. The number of halogens is 1. The highest BCUT2D eigenvalue weighted by Crippen LogP contribution is 2.29. The van der Waals surface area contributed by atoms with E-state index in [9.17, 15) is 4.79 Å². The summed E-state index contributed by atoms with van der Waals surface area (Å²) in [5.74, 6) is 1.35. The molecule has 25 heavy (non-hydrogen) atoms. The second-order valence-corrected chi connectivity index (χ2v) is 6.82. The molecule has 1 aromatic carbocycles. The number of amides is 1. The summed E-state index contributed by atoms with van der Waals surface area (Å²) in [7, 11) is 1.58. The Morgan fingerprint density at radius 2 is 2.00 bits per heavy atom. The van der Waals surface area contributed by atoms with E-state index in [2.05, 4.69) is 17.2 Å². The Bertz CT molecular complexity index is 758. The summed E-state index contributed by atoms with van der Waals surface area (Å²) in [6, 6.07) is 7.26. The molecule has 6 heteroatoms. The smallest absolute Gasteiger partial charge is 0.255 e. The van der Waals surface area contributed by atoms with Crippen molar-refractivity contribution >= 4 is 28.9 Å². The van der Waals surface area contributed by atoms with Crippen LogP contribution in [0.3, 0.4) is 0 Å². The fraction of sp³-hybridized carbons (Fsp3) is 0.368. The Kier molecular flexibility index (Phi) is 5.43. The number of anilines is 2. The molecule has 2 aromatic rings. The van der Waals surface area contributed by atoms with Gasteiger partial charge in [0, 0.05) is 25.0 Å². The second-order valence-electron chi connectivity index (χ2n) is 6.41. The standard InChI is InChI=1S/C19H22ClN3O2/c1-13-5-7-23(8-6-13)19(24)14-9-16(12-21-11-14)22-15-3-4-18(25-2)17(20)10-15/h3-4,9-13,22H,5-8H2,1-2H3. The van der Waals surface area contributed by atoms with Crippen molar-refractivity contribution in [3.63, 3.8) is 0 Å². The molecule has 1 fully saturated rings. The molecule has 1 saturated heterocycles. The van der Waals surface area contributed by atoms with Crippen molar-refractivity contribution in [3.05, 3.63) is 47.2 Å². The number of likely N-dealkylation sites (tertiary alicyclic amines) is 1. The van der Waals surface area contributed by atoms with Gasteiger partial charge in [-0.2, -0.15) is 0 Å². The van der Waals surface area contributed by atoms with Gasteiger partial charge in [0.2, 0.25) is 0 Å². The summed E-state index contributed by atoms with van der Waals surface area (Å²) in [6.45, 7) is 3.85. The maximum Gasteiger partial charge on any atom is 0.255 e. The van der Waals surface area contributed by atoms with Gasteiger partial charge in [-0.05, 0) is 43.0 Å². The molecule has 0 spiro atoms. The van der Waals surface area contributed by atoms with E-state index in [0.29, 0.717) is 22.3 Å². The molecule has 0 bridgehead atoms. The van der Waals surface area contributed by atoms with E-state index in [0.717, 1.165) is 37.3 Å². The van der Waals surface area contributed by atoms with Crippen LogP contribution in [0, 0.1) is 5.92 Å². The Labute approximate surface area is 153 Å². The molecular weight excluding hydrogens is 338 g/mol. The number of piperidine rings is 1. The van der Waals surface area contributed by atoms with Crippen LogP contribution >= 0.6 is 11.6 Å². The second kappa shape index (κ2) is 7.74. The Morgan fingerprint density at radius 1 is 1.24 bits per heavy atom. The third-order valence-electron chi connectivity index (χ3n) is 4.50. The first-order valence-electron chi connectivity index (χ1n) is 8.41. The van der Waals surface area contributed by atoms with Crippen molar-refractivity contribution in [1.29, 1.82) is 0 Å². The number of carbonyl (C=O) groups is 1. The summed E-state index contributed by atoms with van der Waals surface area (Å²) in [4.78, 5) is 18.8. The summed E-state index contributed by atoms with van der Waals surface area (Å²) in [6.07, 6.45) is 5.42. The van der Waals surface area contributed by atoms with Gasteiger partial charge in [-0.3, -0.25) is 9.78 Å². The SMILES string of the molecule is COc1ccc(Nc2cncc(C(=O)N3CCC(C)CC3)c2)cc1Cl.